The zero-order valence-electron chi connectivity index (χ0n) is 22.5. The summed E-state index contributed by atoms with van der Waals surface area (Å²) in [5.41, 5.74) is 3.51. The number of carbonyl (C=O) groups is 3. The Bertz CT molecular complexity index is 1090. The minimum atomic E-state index is -0.982. The number of rotatable bonds is 8. The number of amides is 3. The lowest BCUT2D eigenvalue weighted by Gasteiger charge is -2.37. The fourth-order valence-corrected chi connectivity index (χ4v) is 4.14. The summed E-state index contributed by atoms with van der Waals surface area (Å²) < 4.78 is 5.35. The Morgan fingerprint density at radius 3 is 2.14 bits per heavy atom. The number of hydrogen-bond donors (Lipinski definition) is 3. The second kappa shape index (κ2) is 12.3. The van der Waals surface area contributed by atoms with E-state index in [4.69, 9.17) is 4.74 Å². The molecule has 2 aromatic rings. The van der Waals surface area contributed by atoms with Gasteiger partial charge in [0.05, 0.1) is 0 Å². The van der Waals surface area contributed by atoms with Crippen molar-refractivity contribution in [1.29, 1.82) is 0 Å². The van der Waals surface area contributed by atoms with Gasteiger partial charge >= 0.3 is 6.09 Å². The number of ether oxygens (including phenoxy) is 1. The van der Waals surface area contributed by atoms with Crippen molar-refractivity contribution >= 4 is 36.2 Å². The molecule has 2 rings (SSSR count). The SMILES string of the molecule is Cc1ccccc1NC(=O)C(c1cccc(C)c1C)N(C(=O)C(CS)NC(=O)OC(C)(C)C)C(C)C. The molecule has 0 spiro atoms. The fraction of sp³-hybridized carbons (Fsp3) is 0.464. The van der Waals surface area contributed by atoms with Gasteiger partial charge in [-0.1, -0.05) is 36.4 Å². The highest BCUT2D eigenvalue weighted by Gasteiger charge is 2.38. The Balaban J connectivity index is 2.53. The van der Waals surface area contributed by atoms with Gasteiger partial charge in [-0.25, -0.2) is 4.79 Å². The van der Waals surface area contributed by atoms with Crippen molar-refractivity contribution in [3.63, 3.8) is 0 Å². The molecule has 2 N–H and O–H groups in total. The predicted octanol–water partition coefficient (Wildman–Crippen LogP) is 5.35. The van der Waals surface area contributed by atoms with Gasteiger partial charge in [0.2, 0.25) is 5.91 Å². The van der Waals surface area contributed by atoms with Crippen LogP contribution in [0.1, 0.15) is 62.9 Å². The van der Waals surface area contributed by atoms with E-state index in [2.05, 4.69) is 23.3 Å². The number of nitrogens with zero attached hydrogens (tertiary/aromatic N) is 1. The number of para-hydroxylation sites is 1. The highest BCUT2D eigenvalue weighted by molar-refractivity contribution is 7.80. The molecule has 0 saturated heterocycles. The van der Waals surface area contributed by atoms with Crippen LogP contribution in [0.25, 0.3) is 0 Å². The first-order chi connectivity index (χ1) is 16.8. The van der Waals surface area contributed by atoms with Crippen molar-refractivity contribution in [2.24, 2.45) is 0 Å². The maximum Gasteiger partial charge on any atom is 0.408 e. The van der Waals surface area contributed by atoms with Crippen LogP contribution in [0.15, 0.2) is 42.5 Å². The summed E-state index contributed by atoms with van der Waals surface area (Å²) in [6.45, 7) is 14.8. The molecule has 0 heterocycles. The highest BCUT2D eigenvalue weighted by Crippen LogP contribution is 2.30. The molecular weight excluding hydrogens is 474 g/mol. The van der Waals surface area contributed by atoms with Crippen molar-refractivity contribution < 1.29 is 19.1 Å². The van der Waals surface area contributed by atoms with Crippen LogP contribution in [-0.2, 0) is 14.3 Å². The molecule has 0 aliphatic heterocycles. The molecule has 7 nitrogen and oxygen atoms in total. The third-order valence-electron chi connectivity index (χ3n) is 5.85. The van der Waals surface area contributed by atoms with E-state index in [0.29, 0.717) is 5.69 Å². The largest absolute Gasteiger partial charge is 0.444 e. The summed E-state index contributed by atoms with van der Waals surface area (Å²) in [5, 5.41) is 5.64. The van der Waals surface area contributed by atoms with Crippen molar-refractivity contribution in [1.82, 2.24) is 10.2 Å². The van der Waals surface area contributed by atoms with Gasteiger partial charge in [-0.2, -0.15) is 12.6 Å². The molecule has 0 aliphatic carbocycles. The van der Waals surface area contributed by atoms with Crippen molar-refractivity contribution in [2.45, 2.75) is 79.1 Å². The van der Waals surface area contributed by atoms with Crippen LogP contribution in [-0.4, -0.2) is 46.2 Å². The molecule has 0 aliphatic rings. The summed E-state index contributed by atoms with van der Waals surface area (Å²) in [6.07, 6.45) is -0.716. The van der Waals surface area contributed by atoms with Crippen LogP contribution in [0.2, 0.25) is 0 Å². The molecule has 8 heteroatoms. The predicted molar refractivity (Wildman–Crippen MR) is 147 cm³/mol. The van der Waals surface area contributed by atoms with Crippen LogP contribution in [0.4, 0.5) is 10.5 Å². The third kappa shape index (κ3) is 7.50. The number of benzene rings is 2. The van der Waals surface area contributed by atoms with Gasteiger partial charge in [-0.3, -0.25) is 9.59 Å². The molecule has 36 heavy (non-hydrogen) atoms. The molecule has 0 aromatic heterocycles. The van der Waals surface area contributed by atoms with Crippen LogP contribution in [0.3, 0.4) is 0 Å². The standard InChI is InChI=1S/C28H39N3O4S/c1-17(2)31(26(33)23(16-36)30-27(34)35-28(6,7)8)24(21-14-11-13-18(3)20(21)5)25(32)29-22-15-10-9-12-19(22)4/h9-15,17,23-24,36H,16H2,1-8H3,(H,29,32)(H,30,34). The summed E-state index contributed by atoms with van der Waals surface area (Å²) >= 11 is 4.32. The maximum absolute atomic E-state index is 13.9. The first-order valence-electron chi connectivity index (χ1n) is 12.1. The number of anilines is 1. The van der Waals surface area contributed by atoms with Crippen LogP contribution in [0, 0.1) is 20.8 Å². The van der Waals surface area contributed by atoms with Gasteiger partial charge in [-0.15, -0.1) is 0 Å². The number of thiol groups is 1. The van der Waals surface area contributed by atoms with Crippen molar-refractivity contribution in [2.75, 3.05) is 11.1 Å². The Kier molecular flexibility index (Phi) is 9.99. The van der Waals surface area contributed by atoms with Gasteiger partial charge in [-0.05, 0) is 83.7 Å². The quantitative estimate of drug-likeness (QED) is 0.415. The van der Waals surface area contributed by atoms with Crippen molar-refractivity contribution in [3.05, 3.63) is 64.7 Å². The highest BCUT2D eigenvalue weighted by atomic mass is 32.1. The van der Waals surface area contributed by atoms with E-state index in [1.165, 1.54) is 4.90 Å². The number of aryl methyl sites for hydroxylation is 2. The molecular formula is C28H39N3O4S. The summed E-state index contributed by atoms with van der Waals surface area (Å²) in [6, 6.07) is 10.9. The first-order valence-corrected chi connectivity index (χ1v) is 12.7. The monoisotopic (exact) mass is 513 g/mol. The Morgan fingerprint density at radius 1 is 0.972 bits per heavy atom. The van der Waals surface area contributed by atoms with Crippen molar-refractivity contribution in [3.8, 4) is 0 Å². The molecule has 3 amide bonds. The number of alkyl carbamates (subject to hydrolysis) is 1. The fourth-order valence-electron chi connectivity index (χ4n) is 3.90. The van der Waals surface area contributed by atoms with Gasteiger partial charge in [0.25, 0.3) is 5.91 Å². The van der Waals surface area contributed by atoms with Gasteiger partial charge in [0.15, 0.2) is 0 Å². The summed E-state index contributed by atoms with van der Waals surface area (Å²) in [4.78, 5) is 41.7. The van der Waals surface area contributed by atoms with E-state index >= 15 is 0 Å². The minimum absolute atomic E-state index is 0.0419. The van der Waals surface area contributed by atoms with E-state index in [0.717, 1.165) is 22.3 Å². The topological polar surface area (TPSA) is 87.7 Å². The second-order valence-electron chi connectivity index (χ2n) is 10.2. The van der Waals surface area contributed by atoms with Crippen LogP contribution < -0.4 is 10.6 Å². The van der Waals surface area contributed by atoms with E-state index in [9.17, 15) is 14.4 Å². The Morgan fingerprint density at radius 2 is 1.58 bits per heavy atom. The van der Waals surface area contributed by atoms with Gasteiger partial charge in [0.1, 0.15) is 17.7 Å². The molecule has 0 bridgehead atoms. The summed E-state index contributed by atoms with van der Waals surface area (Å²) in [7, 11) is 0. The number of hydrogen-bond acceptors (Lipinski definition) is 5. The van der Waals surface area contributed by atoms with Gasteiger partial charge < -0.3 is 20.3 Å². The molecule has 0 fully saturated rings. The van der Waals surface area contributed by atoms with Crippen LogP contribution >= 0.6 is 12.6 Å². The number of nitrogens with one attached hydrogen (secondary N) is 2. The van der Waals surface area contributed by atoms with E-state index in [1.54, 1.807) is 20.8 Å². The lowest BCUT2D eigenvalue weighted by molar-refractivity contribution is -0.142. The third-order valence-corrected chi connectivity index (χ3v) is 6.22. The number of carbonyl (C=O) groups excluding carboxylic acids is 3. The smallest absolute Gasteiger partial charge is 0.408 e. The Hall–Kier alpha value is -3.00. The first kappa shape index (κ1) is 29.2. The average molecular weight is 514 g/mol. The summed E-state index contributed by atoms with van der Waals surface area (Å²) in [5.74, 6) is -0.716. The zero-order valence-corrected chi connectivity index (χ0v) is 23.4. The van der Waals surface area contributed by atoms with E-state index < -0.39 is 29.7 Å². The molecule has 2 unspecified atom stereocenters. The normalized spacial score (nSPS) is 13.1. The molecule has 196 valence electrons. The minimum Gasteiger partial charge on any atom is -0.444 e. The lowest BCUT2D eigenvalue weighted by Crippen LogP contribution is -2.55. The molecule has 2 aromatic carbocycles. The van der Waals surface area contributed by atoms with Crippen LogP contribution in [0.5, 0.6) is 0 Å². The zero-order chi connectivity index (χ0) is 27.2. The van der Waals surface area contributed by atoms with E-state index in [1.807, 2.05) is 77.1 Å². The molecule has 0 radical (unpaired) electrons. The Labute approximate surface area is 220 Å². The molecule has 0 saturated carbocycles. The van der Waals surface area contributed by atoms with E-state index in [-0.39, 0.29) is 17.7 Å². The lowest BCUT2D eigenvalue weighted by atomic mass is 9.94. The second-order valence-corrected chi connectivity index (χ2v) is 10.6. The molecule has 2 atom stereocenters. The average Bonchev–Trinajstić information content (AvgIpc) is 2.77. The maximum atomic E-state index is 13.9. The van der Waals surface area contributed by atoms with Gasteiger partial charge in [0, 0.05) is 17.5 Å².